The van der Waals surface area contributed by atoms with Crippen LogP contribution >= 0.6 is 0 Å². The topological polar surface area (TPSA) is 3.24 Å². The maximum absolute atomic E-state index is 2.88. The Labute approximate surface area is 402 Å². The van der Waals surface area contributed by atoms with Crippen molar-refractivity contribution >= 4 is 22.1 Å². The van der Waals surface area contributed by atoms with Crippen LogP contribution in [-0.4, -0.2) is 5.54 Å². The molecular weight excluding hydrogens is 819 g/mol. The van der Waals surface area contributed by atoms with Gasteiger partial charge in [-0.05, 0) is 133 Å². The highest BCUT2D eigenvalue weighted by Crippen LogP contribution is 2.72. The minimum absolute atomic E-state index is 0.172. The molecule has 0 saturated heterocycles. The lowest BCUT2D eigenvalue weighted by atomic mass is 9.49. The highest BCUT2D eigenvalue weighted by molar-refractivity contribution is 6.11. The van der Waals surface area contributed by atoms with E-state index >= 15 is 0 Å². The zero-order chi connectivity index (χ0) is 46.3. The molecule has 5 aliphatic carbocycles. The lowest BCUT2D eigenvalue weighted by Crippen LogP contribution is -2.59. The molecule has 1 heterocycles. The Bertz CT molecular complexity index is 3590. The molecule has 14 rings (SSSR count). The van der Waals surface area contributed by atoms with Crippen LogP contribution in [0.15, 0.2) is 211 Å². The molecule has 8 aromatic carbocycles. The van der Waals surface area contributed by atoms with E-state index in [0.717, 1.165) is 0 Å². The molecule has 0 aromatic heterocycles. The van der Waals surface area contributed by atoms with Gasteiger partial charge in [-0.1, -0.05) is 217 Å². The molecule has 6 aliphatic rings. The van der Waals surface area contributed by atoms with Crippen molar-refractivity contribution in [3.05, 3.63) is 261 Å². The van der Waals surface area contributed by atoms with Crippen LogP contribution in [0.3, 0.4) is 0 Å². The highest BCUT2D eigenvalue weighted by atomic mass is 15.2. The fourth-order valence-corrected chi connectivity index (χ4v) is 15.9. The average molecular weight is 876 g/mol. The van der Waals surface area contributed by atoms with Crippen molar-refractivity contribution in [1.29, 1.82) is 0 Å². The van der Waals surface area contributed by atoms with E-state index < -0.39 is 16.4 Å². The number of benzene rings is 8. The zero-order valence-corrected chi connectivity index (χ0v) is 40.5. The molecular formula is C67H57N. The third kappa shape index (κ3) is 4.47. The Hall–Kier alpha value is -6.96. The lowest BCUT2D eigenvalue weighted by molar-refractivity contribution is 0.417. The third-order valence-corrected chi connectivity index (χ3v) is 18.4. The van der Waals surface area contributed by atoms with E-state index in [-0.39, 0.29) is 22.2 Å². The Morgan fingerprint density at radius 2 is 1.01 bits per heavy atom. The molecule has 1 aliphatic heterocycles. The molecule has 0 saturated carbocycles. The first-order valence-electron chi connectivity index (χ1n) is 24.9. The minimum atomic E-state index is -0.588. The standard InChI is InChI=1S/C67H57N/c1-41-37-38-64(6)59-48-29-16-15-28-47(48)58-56(49-30-18-20-32-51(49)67(58,42-23-11-9-12-24-42)43-25-13-10-14-26-43)60(59)68(44-35-36-46-45-27-17-19-31-50(45)62(2,3)54(46)39-44)65(7)40-55-63(4,5)52-33-21-22-34-53(52)66(55,8)57(41)61(64)65/h9-41H,1-8H3. The van der Waals surface area contributed by atoms with Gasteiger partial charge in [-0.15, -0.1) is 0 Å². The summed E-state index contributed by atoms with van der Waals surface area (Å²) in [5, 5.41) is 2.65. The minimum Gasteiger partial charge on any atom is -0.327 e. The molecule has 4 unspecified atom stereocenters. The average Bonchev–Trinajstić information content (AvgIpc) is 3.86. The second kappa shape index (κ2) is 13.0. The smallest absolute Gasteiger partial charge is 0.0836 e. The van der Waals surface area contributed by atoms with Gasteiger partial charge in [0.1, 0.15) is 0 Å². The fraction of sp³-hybridized carbons (Fsp3) is 0.224. The van der Waals surface area contributed by atoms with Crippen molar-refractivity contribution in [2.24, 2.45) is 5.92 Å². The fourth-order valence-electron chi connectivity index (χ4n) is 15.9. The summed E-state index contributed by atoms with van der Waals surface area (Å²) >= 11 is 0. The predicted molar refractivity (Wildman–Crippen MR) is 283 cm³/mol. The van der Waals surface area contributed by atoms with E-state index in [0.29, 0.717) is 0 Å². The van der Waals surface area contributed by atoms with Gasteiger partial charge in [0.05, 0.1) is 16.6 Å². The predicted octanol–water partition coefficient (Wildman–Crippen LogP) is 16.4. The number of rotatable bonds is 3. The molecule has 0 fully saturated rings. The summed E-state index contributed by atoms with van der Waals surface area (Å²) in [5.74, 6) is 0.232. The third-order valence-electron chi connectivity index (χ3n) is 18.4. The highest BCUT2D eigenvalue weighted by Gasteiger charge is 2.64. The van der Waals surface area contributed by atoms with Crippen LogP contribution in [0.5, 0.6) is 0 Å². The van der Waals surface area contributed by atoms with Gasteiger partial charge in [-0.25, -0.2) is 0 Å². The first kappa shape index (κ1) is 40.1. The lowest BCUT2D eigenvalue weighted by Gasteiger charge is -2.61. The first-order valence-corrected chi connectivity index (χ1v) is 24.9. The SMILES string of the molecule is CC1C=CC2(C)C3=C1C1(C)C(=CC3(C)N(c3ccc4c(c3)C(C)(C)c3ccccc3-4)c3c4c(c5ccccc5c32)C(c2ccccc2)(c2ccccc2)c2ccccc2-4)C(C)(C)c2ccccc21. The van der Waals surface area contributed by atoms with Crippen molar-refractivity contribution in [3.8, 4) is 22.3 Å². The Morgan fingerprint density at radius 1 is 0.471 bits per heavy atom. The van der Waals surface area contributed by atoms with Crippen molar-refractivity contribution in [2.75, 3.05) is 4.90 Å². The monoisotopic (exact) mass is 875 g/mol. The van der Waals surface area contributed by atoms with E-state index in [1.54, 1.807) is 5.57 Å². The summed E-state index contributed by atoms with van der Waals surface area (Å²) in [7, 11) is 0. The van der Waals surface area contributed by atoms with Gasteiger partial charge in [-0.3, -0.25) is 0 Å². The maximum Gasteiger partial charge on any atom is 0.0836 e. The van der Waals surface area contributed by atoms with Gasteiger partial charge in [0.15, 0.2) is 0 Å². The van der Waals surface area contributed by atoms with Crippen LogP contribution in [0.25, 0.3) is 33.0 Å². The van der Waals surface area contributed by atoms with E-state index in [2.05, 4.69) is 254 Å². The molecule has 4 atom stereocenters. The molecule has 68 heavy (non-hydrogen) atoms. The van der Waals surface area contributed by atoms with Crippen molar-refractivity contribution < 1.29 is 0 Å². The molecule has 1 nitrogen and oxygen atoms in total. The van der Waals surface area contributed by atoms with Gasteiger partial charge >= 0.3 is 0 Å². The summed E-state index contributed by atoms with van der Waals surface area (Å²) in [6.07, 6.45) is 7.99. The molecule has 0 N–H and O–H groups in total. The normalized spacial score (nSPS) is 25.4. The first-order chi connectivity index (χ1) is 32.8. The van der Waals surface area contributed by atoms with Crippen LogP contribution < -0.4 is 4.90 Å². The van der Waals surface area contributed by atoms with Gasteiger partial charge in [-0.2, -0.15) is 0 Å². The quantitative estimate of drug-likeness (QED) is 0.160. The van der Waals surface area contributed by atoms with Crippen LogP contribution in [0, 0.1) is 5.92 Å². The molecule has 0 spiro atoms. The number of allylic oxidation sites excluding steroid dienone is 4. The van der Waals surface area contributed by atoms with Gasteiger partial charge < -0.3 is 4.90 Å². The van der Waals surface area contributed by atoms with Crippen molar-refractivity contribution in [2.45, 2.75) is 88.0 Å². The molecule has 1 heteroatoms. The van der Waals surface area contributed by atoms with Gasteiger partial charge in [0.2, 0.25) is 0 Å². The Balaban J connectivity index is 1.21. The Morgan fingerprint density at radius 3 is 1.69 bits per heavy atom. The van der Waals surface area contributed by atoms with E-state index in [9.17, 15) is 0 Å². The van der Waals surface area contributed by atoms with Crippen LogP contribution in [0.2, 0.25) is 0 Å². The zero-order valence-electron chi connectivity index (χ0n) is 40.5. The summed E-state index contributed by atoms with van der Waals surface area (Å²) in [6.45, 7) is 20.1. The number of anilines is 2. The van der Waals surface area contributed by atoms with Gasteiger partial charge in [0.25, 0.3) is 0 Å². The second-order valence-corrected chi connectivity index (χ2v) is 22.4. The van der Waals surface area contributed by atoms with Crippen molar-refractivity contribution in [3.63, 3.8) is 0 Å². The van der Waals surface area contributed by atoms with Crippen LogP contribution in [0.4, 0.5) is 11.4 Å². The number of fused-ring (bicyclic) bond motifs is 16. The second-order valence-electron chi connectivity index (χ2n) is 22.4. The van der Waals surface area contributed by atoms with Gasteiger partial charge in [0, 0.05) is 32.9 Å². The largest absolute Gasteiger partial charge is 0.327 e. The van der Waals surface area contributed by atoms with E-state index in [1.165, 1.54) is 106 Å². The van der Waals surface area contributed by atoms with E-state index in [4.69, 9.17) is 0 Å². The Kier molecular flexibility index (Phi) is 7.65. The van der Waals surface area contributed by atoms with Crippen LogP contribution in [-0.2, 0) is 27.1 Å². The number of nitrogens with zero attached hydrogens (tertiary/aromatic N) is 1. The number of hydrogen-bond donors (Lipinski definition) is 0. The summed E-state index contributed by atoms with van der Waals surface area (Å²) in [5.41, 5.74) is 22.7. The summed E-state index contributed by atoms with van der Waals surface area (Å²) in [6, 6.07) is 67.7. The number of hydrogen-bond acceptors (Lipinski definition) is 1. The summed E-state index contributed by atoms with van der Waals surface area (Å²) < 4.78 is 0. The van der Waals surface area contributed by atoms with E-state index in [1.807, 2.05) is 0 Å². The molecule has 0 bridgehead atoms. The van der Waals surface area contributed by atoms with Crippen LogP contribution in [0.1, 0.15) is 105 Å². The molecule has 0 radical (unpaired) electrons. The molecule has 330 valence electrons. The maximum atomic E-state index is 2.88. The molecule has 0 amide bonds. The summed E-state index contributed by atoms with van der Waals surface area (Å²) in [4.78, 5) is 2.88. The molecule has 8 aromatic rings. The van der Waals surface area contributed by atoms with Crippen molar-refractivity contribution in [1.82, 2.24) is 0 Å².